The number of carbonyl (C=O) groups is 1. The smallest absolute Gasteiger partial charge is 0.742 e. The standard InChI is InChI=1S/C20H26O4S.C10H12O2.3C3H6.C2H4OS.K/c21-19(13-23-11-17-7-3-1-4-8-17)15-25-16-20(22)14-24-12-18-9-5-2-6-10-18;1-2-4-9(5-3-1)6-11-7-10-8-12-10;3*1-3-2;1-2(3)4;/h1-10,19-22H,11-16H2;1-5,10H,6-8H2;3*3H,1H2,2H3;1H3,(H,3,4);/q;;;;;;+1/p-1. The zero-order valence-corrected chi connectivity index (χ0v) is 36.1. The minimum Gasteiger partial charge on any atom is -0.742 e. The first kappa shape index (κ1) is 53.9. The average Bonchev–Trinajstić information content (AvgIpc) is 3.92. The molecule has 0 radical (unpaired) electrons. The summed E-state index contributed by atoms with van der Waals surface area (Å²) in [4.78, 5) is 9.26. The van der Waals surface area contributed by atoms with Gasteiger partial charge in [-0.05, 0) is 44.4 Å². The van der Waals surface area contributed by atoms with Crippen molar-refractivity contribution >= 4 is 29.5 Å². The summed E-state index contributed by atoms with van der Waals surface area (Å²) >= 11 is 5.48. The minimum atomic E-state index is -0.536. The molecule has 1 heterocycles. The van der Waals surface area contributed by atoms with Crippen molar-refractivity contribution in [2.45, 2.75) is 65.8 Å². The third kappa shape index (κ3) is 42.8. The second-order valence-corrected chi connectivity index (χ2v) is 12.2. The Morgan fingerprint density at radius 1 is 0.745 bits per heavy atom. The Kier molecular flexibility index (Phi) is 43.6. The molecule has 0 saturated carbocycles. The van der Waals surface area contributed by atoms with Crippen molar-refractivity contribution in [3.63, 3.8) is 0 Å². The molecule has 3 aromatic rings. The molecule has 0 bridgehead atoms. The Hall–Kier alpha value is -1.48. The van der Waals surface area contributed by atoms with Crippen LogP contribution in [0.25, 0.3) is 0 Å². The molecular formula is C41H59KO7S2. The van der Waals surface area contributed by atoms with Crippen molar-refractivity contribution in [3.05, 3.63) is 146 Å². The Labute approximate surface area is 360 Å². The second kappa shape index (κ2) is 41.3. The molecule has 1 aliphatic heterocycles. The first-order valence-corrected chi connectivity index (χ1v) is 18.0. The zero-order chi connectivity index (χ0) is 37.7. The molecule has 0 aliphatic carbocycles. The summed E-state index contributed by atoms with van der Waals surface area (Å²) in [5.74, 6) is 1.06. The third-order valence-corrected chi connectivity index (χ3v) is 6.52. The molecule has 0 spiro atoms. The molecule has 2 N–H and O–H groups in total. The predicted molar refractivity (Wildman–Crippen MR) is 213 cm³/mol. The average molecular weight is 767 g/mol. The number of carbonyl (C=O) groups excluding carboxylic acids is 1. The maximum absolute atomic E-state index is 9.91. The first-order chi connectivity index (χ1) is 24.2. The number of thioether (sulfide) groups is 1. The zero-order valence-electron chi connectivity index (χ0n) is 31.4. The summed E-state index contributed by atoms with van der Waals surface area (Å²) < 4.78 is 21.4. The van der Waals surface area contributed by atoms with Gasteiger partial charge in [-0.3, -0.25) is 0 Å². The van der Waals surface area contributed by atoms with E-state index in [1.54, 1.807) is 18.2 Å². The van der Waals surface area contributed by atoms with E-state index in [9.17, 15) is 15.0 Å². The summed E-state index contributed by atoms with van der Waals surface area (Å²) in [6.45, 7) is 21.0. The molecule has 51 heavy (non-hydrogen) atoms. The largest absolute Gasteiger partial charge is 1.00 e. The number of epoxide rings is 1. The van der Waals surface area contributed by atoms with E-state index in [1.165, 1.54) is 24.2 Å². The van der Waals surface area contributed by atoms with Crippen LogP contribution in [0.3, 0.4) is 0 Å². The van der Waals surface area contributed by atoms with Crippen LogP contribution in [-0.2, 0) is 56.2 Å². The molecule has 1 aliphatic rings. The van der Waals surface area contributed by atoms with Gasteiger partial charge in [0.15, 0.2) is 0 Å². The van der Waals surface area contributed by atoms with Gasteiger partial charge in [-0.25, -0.2) is 0 Å². The summed E-state index contributed by atoms with van der Waals surface area (Å²) in [5, 5.41) is 19.6. The third-order valence-electron chi connectivity index (χ3n) is 5.28. The SMILES string of the molecule is C=CC.C=CC.C=CC.CC(=O)[S-].OC(COCc1ccccc1)CSCC(O)COCc1ccccc1.[K+].c1ccc(COCC2CO2)cc1. The van der Waals surface area contributed by atoms with Crippen LogP contribution < -0.4 is 51.4 Å². The maximum Gasteiger partial charge on any atom is 1.00 e. The predicted octanol–water partition coefficient (Wildman–Crippen LogP) is 5.14. The quantitative estimate of drug-likeness (QED) is 0.0890. The molecule has 3 unspecified atom stereocenters. The first-order valence-electron chi connectivity index (χ1n) is 16.5. The van der Waals surface area contributed by atoms with Crippen molar-refractivity contribution in [2.75, 3.05) is 37.9 Å². The van der Waals surface area contributed by atoms with Crippen LogP contribution in [0.5, 0.6) is 0 Å². The molecule has 0 aromatic heterocycles. The number of aliphatic hydroxyl groups is 2. The summed E-state index contributed by atoms with van der Waals surface area (Å²) in [7, 11) is 0. The number of ether oxygens (including phenoxy) is 4. The van der Waals surface area contributed by atoms with E-state index in [1.807, 2.05) is 99.6 Å². The van der Waals surface area contributed by atoms with E-state index in [0.29, 0.717) is 50.6 Å². The minimum absolute atomic E-state index is 0. The fourth-order valence-corrected chi connectivity index (χ4v) is 4.13. The Balaban J connectivity index is -0.000000731. The van der Waals surface area contributed by atoms with Crippen LogP contribution in [0.15, 0.2) is 129 Å². The monoisotopic (exact) mass is 766 g/mol. The molecule has 1 fully saturated rings. The molecule has 1 saturated heterocycles. The van der Waals surface area contributed by atoms with E-state index in [4.69, 9.17) is 18.9 Å². The van der Waals surface area contributed by atoms with Crippen LogP contribution in [0, 0.1) is 0 Å². The molecule has 10 heteroatoms. The van der Waals surface area contributed by atoms with Gasteiger partial charge >= 0.3 is 51.4 Å². The molecular weight excluding hydrogens is 708 g/mol. The van der Waals surface area contributed by atoms with Gasteiger partial charge < -0.3 is 46.6 Å². The van der Waals surface area contributed by atoms with Crippen LogP contribution in [0.2, 0.25) is 0 Å². The normalized spacial score (nSPS) is 12.8. The van der Waals surface area contributed by atoms with Gasteiger partial charge in [0, 0.05) is 16.6 Å². The van der Waals surface area contributed by atoms with Crippen molar-refractivity contribution in [2.24, 2.45) is 0 Å². The van der Waals surface area contributed by atoms with Gasteiger partial charge in [0.2, 0.25) is 0 Å². The van der Waals surface area contributed by atoms with E-state index < -0.39 is 12.2 Å². The molecule has 0 amide bonds. The number of allylic oxidation sites excluding steroid dienone is 3. The van der Waals surface area contributed by atoms with Gasteiger partial charge in [0.25, 0.3) is 0 Å². The summed E-state index contributed by atoms with van der Waals surface area (Å²) in [5.41, 5.74) is 3.40. The maximum atomic E-state index is 9.91. The second-order valence-electron chi connectivity index (χ2n) is 10.5. The Morgan fingerprint density at radius 3 is 1.29 bits per heavy atom. The topological polar surface area (TPSA) is 97.8 Å². The Morgan fingerprint density at radius 2 is 1.02 bits per heavy atom. The van der Waals surface area contributed by atoms with Gasteiger partial charge in [-0.1, -0.05) is 109 Å². The molecule has 278 valence electrons. The fourth-order valence-electron chi connectivity index (χ4n) is 3.26. The molecule has 3 aromatic carbocycles. The van der Waals surface area contributed by atoms with Crippen molar-refractivity contribution in [1.29, 1.82) is 0 Å². The van der Waals surface area contributed by atoms with Crippen molar-refractivity contribution in [1.82, 2.24) is 0 Å². The van der Waals surface area contributed by atoms with Gasteiger partial charge in [-0.2, -0.15) is 11.8 Å². The summed E-state index contributed by atoms with van der Waals surface area (Å²) in [6, 6.07) is 29.9. The molecule has 7 nitrogen and oxygen atoms in total. The summed E-state index contributed by atoms with van der Waals surface area (Å²) in [6.07, 6.45) is 4.55. The van der Waals surface area contributed by atoms with Crippen molar-refractivity contribution in [3.8, 4) is 0 Å². The van der Waals surface area contributed by atoms with Gasteiger partial charge in [0.1, 0.15) is 6.10 Å². The number of rotatable bonds is 16. The van der Waals surface area contributed by atoms with E-state index in [0.717, 1.165) is 24.3 Å². The number of hydrogen-bond acceptors (Lipinski definition) is 9. The molecule has 4 rings (SSSR count). The number of aliphatic hydroxyl groups excluding tert-OH is 2. The van der Waals surface area contributed by atoms with Crippen LogP contribution in [0.1, 0.15) is 44.4 Å². The number of benzene rings is 3. The van der Waals surface area contributed by atoms with Gasteiger partial charge in [-0.15, -0.1) is 19.7 Å². The van der Waals surface area contributed by atoms with E-state index >= 15 is 0 Å². The fraction of sp³-hybridized carbons (Fsp3) is 0.390. The van der Waals surface area contributed by atoms with Crippen LogP contribution >= 0.6 is 11.8 Å². The Bertz CT molecular complexity index is 1110. The van der Waals surface area contributed by atoms with E-state index in [2.05, 4.69) is 44.5 Å². The van der Waals surface area contributed by atoms with Crippen LogP contribution in [-0.4, -0.2) is 71.6 Å². The van der Waals surface area contributed by atoms with Crippen molar-refractivity contribution < 1.29 is 85.3 Å². The number of hydrogen-bond donors (Lipinski definition) is 2. The van der Waals surface area contributed by atoms with Gasteiger partial charge in [0.05, 0.1) is 58.5 Å². The van der Waals surface area contributed by atoms with E-state index in [-0.39, 0.29) is 56.5 Å². The molecule has 3 atom stereocenters. The van der Waals surface area contributed by atoms with Crippen LogP contribution in [0.4, 0.5) is 0 Å².